The first-order valence-electron chi connectivity index (χ1n) is 14.9. The molecule has 0 spiro atoms. The van der Waals surface area contributed by atoms with Gasteiger partial charge in [-0.25, -0.2) is 0 Å². The molecular formula is C42H36. The number of benzene rings is 7. The molecule has 0 saturated heterocycles. The number of rotatable bonds is 3. The molecule has 7 aromatic rings. The molecule has 0 atom stereocenters. The lowest BCUT2D eigenvalue weighted by molar-refractivity contribution is 0.590. The first-order chi connectivity index (χ1) is 20.3. The molecule has 0 radical (unpaired) electrons. The minimum Gasteiger partial charge on any atom is -0.0622 e. The summed E-state index contributed by atoms with van der Waals surface area (Å²) in [7, 11) is 0. The van der Waals surface area contributed by atoms with Gasteiger partial charge in [0.2, 0.25) is 0 Å². The largest absolute Gasteiger partial charge is 0.0622 e. The second-order valence-electron chi connectivity index (χ2n) is 12.8. The van der Waals surface area contributed by atoms with Gasteiger partial charge < -0.3 is 0 Å². The molecule has 0 nitrogen and oxygen atoms in total. The molecule has 0 heterocycles. The monoisotopic (exact) mass is 540 g/mol. The first-order valence-corrected chi connectivity index (χ1v) is 14.9. The molecule has 0 fully saturated rings. The summed E-state index contributed by atoms with van der Waals surface area (Å²) >= 11 is 0. The van der Waals surface area contributed by atoms with Crippen molar-refractivity contribution in [2.75, 3.05) is 0 Å². The molecule has 204 valence electrons. The van der Waals surface area contributed by atoms with Gasteiger partial charge >= 0.3 is 0 Å². The second kappa shape index (κ2) is 10.00. The lowest BCUT2D eigenvalue weighted by Crippen LogP contribution is -2.10. The Morgan fingerprint density at radius 2 is 0.929 bits per heavy atom. The van der Waals surface area contributed by atoms with Crippen molar-refractivity contribution in [3.63, 3.8) is 0 Å². The van der Waals surface area contributed by atoms with E-state index in [4.69, 9.17) is 0 Å². The van der Waals surface area contributed by atoms with E-state index >= 15 is 0 Å². The van der Waals surface area contributed by atoms with Crippen LogP contribution in [0.5, 0.6) is 0 Å². The molecule has 0 heteroatoms. The maximum absolute atomic E-state index is 2.41. The molecule has 0 aromatic heterocycles. The van der Waals surface area contributed by atoms with Crippen molar-refractivity contribution in [2.24, 2.45) is 0 Å². The van der Waals surface area contributed by atoms with Crippen LogP contribution in [0.1, 0.15) is 37.5 Å². The highest BCUT2D eigenvalue weighted by Gasteiger charge is 2.21. The average Bonchev–Trinajstić information content (AvgIpc) is 2.99. The van der Waals surface area contributed by atoms with Gasteiger partial charge in [0.15, 0.2) is 0 Å². The van der Waals surface area contributed by atoms with Gasteiger partial charge in [-0.1, -0.05) is 147 Å². The molecule has 0 amide bonds. The van der Waals surface area contributed by atoms with Crippen LogP contribution < -0.4 is 0 Å². The van der Waals surface area contributed by atoms with Crippen LogP contribution in [0.4, 0.5) is 0 Å². The Bertz CT molecular complexity index is 2100. The predicted molar refractivity (Wildman–Crippen MR) is 183 cm³/mol. The number of hydrogen-bond acceptors (Lipinski definition) is 0. The topological polar surface area (TPSA) is 0 Å². The van der Waals surface area contributed by atoms with E-state index in [0.717, 1.165) is 0 Å². The van der Waals surface area contributed by atoms with Gasteiger partial charge in [0, 0.05) is 0 Å². The summed E-state index contributed by atoms with van der Waals surface area (Å²) in [5, 5.41) is 7.71. The fraction of sp³-hybridized carbons (Fsp3) is 0.143. The van der Waals surface area contributed by atoms with E-state index < -0.39 is 0 Å². The Kier molecular flexibility index (Phi) is 6.24. The third-order valence-electron chi connectivity index (χ3n) is 8.71. The van der Waals surface area contributed by atoms with Gasteiger partial charge in [-0.05, 0) is 103 Å². The molecule has 0 aliphatic rings. The van der Waals surface area contributed by atoms with Crippen LogP contribution >= 0.6 is 0 Å². The lowest BCUT2D eigenvalue weighted by atomic mass is 9.81. The number of aryl methyl sites for hydroxylation is 2. The van der Waals surface area contributed by atoms with Gasteiger partial charge in [0.25, 0.3) is 0 Å². The van der Waals surface area contributed by atoms with E-state index in [-0.39, 0.29) is 5.41 Å². The molecular weight excluding hydrogens is 504 g/mol. The summed E-state index contributed by atoms with van der Waals surface area (Å²) in [6.07, 6.45) is 0. The van der Waals surface area contributed by atoms with E-state index in [1.165, 1.54) is 82.4 Å². The van der Waals surface area contributed by atoms with E-state index in [0.29, 0.717) is 0 Å². The van der Waals surface area contributed by atoms with Crippen molar-refractivity contribution in [3.8, 4) is 33.4 Å². The van der Waals surface area contributed by atoms with Crippen molar-refractivity contribution in [1.82, 2.24) is 0 Å². The maximum atomic E-state index is 2.41. The summed E-state index contributed by atoms with van der Waals surface area (Å²) in [6.45, 7) is 11.3. The number of hydrogen-bond donors (Lipinski definition) is 0. The third-order valence-corrected chi connectivity index (χ3v) is 8.71. The summed E-state index contributed by atoms with van der Waals surface area (Å²) < 4.78 is 0. The molecule has 0 N–H and O–H groups in total. The molecule has 7 rings (SSSR count). The second-order valence-corrected chi connectivity index (χ2v) is 12.8. The Morgan fingerprint density at radius 3 is 1.52 bits per heavy atom. The molecule has 7 aromatic carbocycles. The van der Waals surface area contributed by atoms with Crippen LogP contribution in [0.2, 0.25) is 0 Å². The van der Waals surface area contributed by atoms with Crippen LogP contribution in [-0.4, -0.2) is 0 Å². The van der Waals surface area contributed by atoms with E-state index in [1.807, 2.05) is 0 Å². The van der Waals surface area contributed by atoms with Crippen LogP contribution in [0.15, 0.2) is 127 Å². The van der Waals surface area contributed by atoms with Gasteiger partial charge in [-0.2, -0.15) is 0 Å². The smallest absolute Gasteiger partial charge is 0.00198 e. The maximum Gasteiger partial charge on any atom is -0.00198 e. The van der Waals surface area contributed by atoms with Crippen molar-refractivity contribution >= 4 is 32.3 Å². The minimum absolute atomic E-state index is 0.115. The van der Waals surface area contributed by atoms with Crippen molar-refractivity contribution in [1.29, 1.82) is 0 Å². The predicted octanol–water partition coefficient (Wildman–Crippen LogP) is 12.1. The summed E-state index contributed by atoms with van der Waals surface area (Å²) in [5.41, 5.74) is 11.7. The van der Waals surface area contributed by atoms with Gasteiger partial charge in [0.1, 0.15) is 0 Å². The first kappa shape index (κ1) is 26.2. The summed E-state index contributed by atoms with van der Waals surface area (Å²) in [6, 6.07) is 47.6. The zero-order chi connectivity index (χ0) is 29.0. The molecule has 42 heavy (non-hydrogen) atoms. The third kappa shape index (κ3) is 4.48. The molecule has 0 unspecified atom stereocenters. The normalized spacial score (nSPS) is 11.9. The average molecular weight is 541 g/mol. The molecule has 0 saturated carbocycles. The van der Waals surface area contributed by atoms with Crippen LogP contribution in [0.3, 0.4) is 0 Å². The van der Waals surface area contributed by atoms with Crippen molar-refractivity contribution in [3.05, 3.63) is 144 Å². The van der Waals surface area contributed by atoms with E-state index in [9.17, 15) is 0 Å². The van der Waals surface area contributed by atoms with Gasteiger partial charge in [-0.3, -0.25) is 0 Å². The van der Waals surface area contributed by atoms with Crippen molar-refractivity contribution in [2.45, 2.75) is 40.0 Å². The fourth-order valence-electron chi connectivity index (χ4n) is 6.50. The fourth-order valence-corrected chi connectivity index (χ4v) is 6.50. The van der Waals surface area contributed by atoms with E-state index in [2.05, 4.69) is 162 Å². The Balaban J connectivity index is 1.64. The molecule has 0 bridgehead atoms. The summed E-state index contributed by atoms with van der Waals surface area (Å²) in [4.78, 5) is 0. The minimum atomic E-state index is 0.115. The highest BCUT2D eigenvalue weighted by Crippen LogP contribution is 2.47. The van der Waals surface area contributed by atoms with Gasteiger partial charge in [0.05, 0.1) is 0 Å². The van der Waals surface area contributed by atoms with Crippen molar-refractivity contribution < 1.29 is 0 Å². The van der Waals surface area contributed by atoms with Gasteiger partial charge in [-0.15, -0.1) is 0 Å². The summed E-state index contributed by atoms with van der Waals surface area (Å²) in [5.74, 6) is 0. The zero-order valence-electron chi connectivity index (χ0n) is 25.1. The van der Waals surface area contributed by atoms with Crippen LogP contribution in [0.25, 0.3) is 65.7 Å². The standard InChI is InChI=1S/C42H36/c1-27-16-22-35-37(23-27)40(30-17-19-33(20-18-30)42(3,4)5)34-21-15-28(2)24-38(34)41(35)39-26-32-14-10-9-13-31(32)25-36(39)29-11-7-6-8-12-29/h6-26H,1-5H3. The molecule has 0 aliphatic heterocycles. The Labute approximate surface area is 249 Å². The van der Waals surface area contributed by atoms with Crippen LogP contribution in [0, 0.1) is 13.8 Å². The Morgan fingerprint density at radius 1 is 0.405 bits per heavy atom. The SMILES string of the molecule is Cc1ccc2c(-c3cc4ccccc4cc3-c3ccccc3)c3cc(C)ccc3c(-c3ccc(C(C)(C)C)cc3)c2c1. The number of fused-ring (bicyclic) bond motifs is 3. The van der Waals surface area contributed by atoms with E-state index in [1.54, 1.807) is 0 Å². The Hall–Kier alpha value is -4.68. The quantitative estimate of drug-likeness (QED) is 0.196. The van der Waals surface area contributed by atoms with Crippen LogP contribution in [-0.2, 0) is 5.41 Å². The zero-order valence-corrected chi connectivity index (χ0v) is 25.1. The lowest BCUT2D eigenvalue weighted by Gasteiger charge is -2.22. The highest BCUT2D eigenvalue weighted by molar-refractivity contribution is 6.23. The molecule has 0 aliphatic carbocycles. The highest BCUT2D eigenvalue weighted by atomic mass is 14.2.